The number of nitrogen functional groups attached to an aromatic ring is 1. The zero-order valence-electron chi connectivity index (χ0n) is 10.6. The molecule has 19 heavy (non-hydrogen) atoms. The molecule has 0 aliphatic carbocycles. The van der Waals surface area contributed by atoms with Crippen LogP contribution in [0, 0.1) is 0 Å². The molecule has 100 valence electrons. The van der Waals surface area contributed by atoms with Crippen LogP contribution in [0.3, 0.4) is 0 Å². The highest BCUT2D eigenvalue weighted by molar-refractivity contribution is 5.95. The van der Waals surface area contributed by atoms with Crippen molar-refractivity contribution >= 4 is 16.8 Å². The summed E-state index contributed by atoms with van der Waals surface area (Å²) in [6.07, 6.45) is 3.06. The monoisotopic (exact) mass is 260 g/mol. The number of benzene rings is 1. The maximum atomic E-state index is 5.87. The summed E-state index contributed by atoms with van der Waals surface area (Å²) in [4.78, 5) is 0. The van der Waals surface area contributed by atoms with E-state index in [9.17, 15) is 0 Å². The lowest BCUT2D eigenvalue weighted by molar-refractivity contribution is 0.0852. The van der Waals surface area contributed by atoms with E-state index in [0.29, 0.717) is 11.7 Å². The van der Waals surface area contributed by atoms with Crippen LogP contribution < -0.4 is 10.5 Å². The Kier molecular flexibility index (Phi) is 2.41. The minimum absolute atomic E-state index is 0.423. The Labute approximate surface area is 110 Å². The van der Waals surface area contributed by atoms with Gasteiger partial charge in [-0.05, 0) is 30.4 Å². The van der Waals surface area contributed by atoms with E-state index in [1.807, 2.05) is 0 Å². The smallest absolute Gasteiger partial charge is 0.178 e. The van der Waals surface area contributed by atoms with Gasteiger partial charge in [0.05, 0.1) is 6.61 Å². The van der Waals surface area contributed by atoms with Crippen molar-refractivity contribution in [1.82, 2.24) is 5.16 Å². The summed E-state index contributed by atoms with van der Waals surface area (Å²) >= 11 is 0. The first-order valence-electron chi connectivity index (χ1n) is 6.76. The average Bonchev–Trinajstić information content (AvgIpc) is 3.05. The number of aromatic nitrogens is 1. The quantitative estimate of drug-likeness (QED) is 0.851. The molecule has 5 nitrogen and oxygen atoms in total. The first kappa shape index (κ1) is 11.1. The molecule has 1 aromatic heterocycles. The molecular weight excluding hydrogens is 244 g/mol. The summed E-state index contributed by atoms with van der Waals surface area (Å²) in [6, 6.07) is 2.10. The Morgan fingerprint density at radius 2 is 2.05 bits per heavy atom. The molecule has 5 heteroatoms. The van der Waals surface area contributed by atoms with Gasteiger partial charge in [0.1, 0.15) is 11.1 Å². The van der Waals surface area contributed by atoms with Gasteiger partial charge in [0.25, 0.3) is 0 Å². The number of hydrogen-bond donors (Lipinski definition) is 1. The molecule has 2 aliphatic rings. The highest BCUT2D eigenvalue weighted by Gasteiger charge is 2.28. The highest BCUT2D eigenvalue weighted by atomic mass is 16.5. The van der Waals surface area contributed by atoms with Gasteiger partial charge in [-0.1, -0.05) is 5.16 Å². The molecule has 0 bridgehead atoms. The Morgan fingerprint density at radius 3 is 2.89 bits per heavy atom. The number of fused-ring (bicyclic) bond motifs is 3. The molecule has 2 aromatic rings. The maximum absolute atomic E-state index is 5.87. The number of nitrogens with zero attached hydrogens (tertiary/aromatic N) is 1. The fourth-order valence-corrected chi connectivity index (χ4v) is 3.20. The lowest BCUT2D eigenvalue weighted by Gasteiger charge is -2.24. The Hall–Kier alpha value is -1.75. The number of rotatable bonds is 1. The zero-order chi connectivity index (χ0) is 12.8. The van der Waals surface area contributed by atoms with Crippen molar-refractivity contribution < 1.29 is 14.0 Å². The number of nitrogens with two attached hydrogens (primary N) is 1. The van der Waals surface area contributed by atoms with Crippen LogP contribution in [0.25, 0.3) is 11.0 Å². The fourth-order valence-electron chi connectivity index (χ4n) is 3.20. The van der Waals surface area contributed by atoms with Crippen molar-refractivity contribution in [3.05, 3.63) is 17.2 Å². The van der Waals surface area contributed by atoms with E-state index in [0.717, 1.165) is 55.8 Å². The molecule has 4 rings (SSSR count). The van der Waals surface area contributed by atoms with Crippen LogP contribution in [-0.2, 0) is 11.2 Å². The molecule has 0 unspecified atom stereocenters. The van der Waals surface area contributed by atoms with Gasteiger partial charge in [-0.3, -0.25) is 0 Å². The Bertz CT molecular complexity index is 629. The lowest BCUT2D eigenvalue weighted by Crippen LogP contribution is -2.15. The molecule has 1 fully saturated rings. The van der Waals surface area contributed by atoms with E-state index in [2.05, 4.69) is 11.2 Å². The van der Waals surface area contributed by atoms with Crippen LogP contribution in [0.1, 0.15) is 29.9 Å². The third kappa shape index (κ3) is 1.61. The number of anilines is 1. The van der Waals surface area contributed by atoms with Crippen LogP contribution in [0.15, 0.2) is 10.6 Å². The molecule has 0 atom stereocenters. The first-order chi connectivity index (χ1) is 9.34. The molecule has 0 saturated carbocycles. The molecular formula is C14H16N2O3. The predicted molar refractivity (Wildman–Crippen MR) is 70.4 cm³/mol. The van der Waals surface area contributed by atoms with Crippen molar-refractivity contribution in [3.8, 4) is 5.75 Å². The van der Waals surface area contributed by atoms with Gasteiger partial charge in [0, 0.05) is 25.2 Å². The van der Waals surface area contributed by atoms with E-state index in [-0.39, 0.29) is 0 Å². The van der Waals surface area contributed by atoms with Crippen LogP contribution in [0.2, 0.25) is 0 Å². The molecule has 2 N–H and O–H groups in total. The second-order valence-electron chi connectivity index (χ2n) is 5.20. The van der Waals surface area contributed by atoms with Crippen molar-refractivity contribution in [1.29, 1.82) is 0 Å². The van der Waals surface area contributed by atoms with Crippen LogP contribution in [0.4, 0.5) is 5.82 Å². The van der Waals surface area contributed by atoms with Crippen LogP contribution >= 0.6 is 0 Å². The standard InChI is InChI=1S/C14H16N2O3/c15-14-12-11(19-16-14)7-10(8-1-4-17-5-2-8)9-3-6-18-13(9)12/h7-8H,1-6H2,(H2,15,16). The minimum atomic E-state index is 0.423. The summed E-state index contributed by atoms with van der Waals surface area (Å²) in [7, 11) is 0. The van der Waals surface area contributed by atoms with Crippen molar-refractivity contribution in [2.45, 2.75) is 25.2 Å². The van der Waals surface area contributed by atoms with E-state index in [1.165, 1.54) is 11.1 Å². The molecule has 0 spiro atoms. The van der Waals surface area contributed by atoms with Gasteiger partial charge in [-0.2, -0.15) is 0 Å². The molecule has 1 aromatic carbocycles. The SMILES string of the molecule is Nc1noc2cc(C3CCOCC3)c3c(c12)OCC3. The topological polar surface area (TPSA) is 70.5 Å². The molecule has 0 radical (unpaired) electrons. The average molecular weight is 260 g/mol. The maximum Gasteiger partial charge on any atom is 0.178 e. The third-order valence-corrected chi connectivity index (χ3v) is 4.14. The Balaban J connectivity index is 1.91. The summed E-state index contributed by atoms with van der Waals surface area (Å²) in [5.41, 5.74) is 9.23. The van der Waals surface area contributed by atoms with Gasteiger partial charge in [0.2, 0.25) is 0 Å². The summed E-state index contributed by atoms with van der Waals surface area (Å²) in [6.45, 7) is 2.38. The second-order valence-corrected chi connectivity index (χ2v) is 5.20. The predicted octanol–water partition coefficient (Wildman–Crippen LogP) is 2.24. The largest absolute Gasteiger partial charge is 0.492 e. The first-order valence-corrected chi connectivity index (χ1v) is 6.76. The van der Waals surface area contributed by atoms with Gasteiger partial charge in [-0.15, -0.1) is 0 Å². The van der Waals surface area contributed by atoms with Crippen LogP contribution in [0.5, 0.6) is 5.75 Å². The zero-order valence-corrected chi connectivity index (χ0v) is 10.6. The highest BCUT2D eigenvalue weighted by Crippen LogP contribution is 2.43. The van der Waals surface area contributed by atoms with Crippen molar-refractivity contribution in [3.63, 3.8) is 0 Å². The van der Waals surface area contributed by atoms with Crippen molar-refractivity contribution in [2.75, 3.05) is 25.6 Å². The van der Waals surface area contributed by atoms with E-state index in [4.69, 9.17) is 19.7 Å². The number of hydrogen-bond acceptors (Lipinski definition) is 5. The minimum Gasteiger partial charge on any atom is -0.492 e. The van der Waals surface area contributed by atoms with Gasteiger partial charge >= 0.3 is 0 Å². The number of ether oxygens (including phenoxy) is 2. The normalized spacial score (nSPS) is 19.6. The van der Waals surface area contributed by atoms with E-state index < -0.39 is 0 Å². The summed E-state index contributed by atoms with van der Waals surface area (Å²) in [5, 5.41) is 4.69. The van der Waals surface area contributed by atoms with Gasteiger partial charge in [-0.25, -0.2) is 0 Å². The summed E-state index contributed by atoms with van der Waals surface area (Å²) in [5.74, 6) is 1.84. The third-order valence-electron chi connectivity index (χ3n) is 4.14. The van der Waals surface area contributed by atoms with Gasteiger partial charge in [0.15, 0.2) is 11.4 Å². The van der Waals surface area contributed by atoms with Crippen LogP contribution in [-0.4, -0.2) is 25.0 Å². The molecule has 1 saturated heterocycles. The molecule has 2 aliphatic heterocycles. The second kappa shape index (κ2) is 4.13. The van der Waals surface area contributed by atoms with Crippen molar-refractivity contribution in [2.24, 2.45) is 0 Å². The Morgan fingerprint density at radius 1 is 1.21 bits per heavy atom. The van der Waals surface area contributed by atoms with Gasteiger partial charge < -0.3 is 19.7 Å². The molecule has 0 amide bonds. The molecule has 3 heterocycles. The summed E-state index contributed by atoms with van der Waals surface area (Å²) < 4.78 is 16.5. The van der Waals surface area contributed by atoms with E-state index >= 15 is 0 Å². The fraction of sp³-hybridized carbons (Fsp3) is 0.500. The van der Waals surface area contributed by atoms with E-state index in [1.54, 1.807) is 0 Å². The lowest BCUT2D eigenvalue weighted by atomic mass is 9.86.